The van der Waals surface area contributed by atoms with Crippen LogP contribution in [-0.2, 0) is 11.3 Å². The van der Waals surface area contributed by atoms with Crippen LogP contribution in [0.2, 0.25) is 5.02 Å². The standard InChI is InChI=1S/C20H23ClN2O4/c1-3-27-17-9-4-14(12-18(17)26-2)13-23-19(24)10-11-22-20(25)15-5-7-16(21)8-6-15/h4-9,12H,3,10-11,13H2,1-2H3,(H,22,25)(H,23,24). The van der Waals surface area contributed by atoms with Gasteiger partial charge in [0.2, 0.25) is 5.91 Å². The molecule has 0 aliphatic heterocycles. The smallest absolute Gasteiger partial charge is 0.251 e. The maximum Gasteiger partial charge on any atom is 0.251 e. The number of halogens is 1. The fraction of sp³-hybridized carbons (Fsp3) is 0.300. The van der Waals surface area contributed by atoms with Gasteiger partial charge in [0.05, 0.1) is 13.7 Å². The number of carbonyl (C=O) groups excluding carboxylic acids is 2. The second-order valence-corrected chi connectivity index (χ2v) is 6.14. The summed E-state index contributed by atoms with van der Waals surface area (Å²) in [5.74, 6) is 0.897. The summed E-state index contributed by atoms with van der Waals surface area (Å²) >= 11 is 5.79. The minimum Gasteiger partial charge on any atom is -0.493 e. The van der Waals surface area contributed by atoms with Gasteiger partial charge in [-0.25, -0.2) is 0 Å². The molecule has 0 aliphatic carbocycles. The molecule has 2 aromatic rings. The van der Waals surface area contributed by atoms with Gasteiger partial charge in [-0.3, -0.25) is 9.59 Å². The number of nitrogens with one attached hydrogen (secondary N) is 2. The highest BCUT2D eigenvalue weighted by molar-refractivity contribution is 6.30. The number of rotatable bonds is 9. The van der Waals surface area contributed by atoms with Crippen molar-refractivity contribution < 1.29 is 19.1 Å². The monoisotopic (exact) mass is 390 g/mol. The van der Waals surface area contributed by atoms with Crippen LogP contribution in [0, 0.1) is 0 Å². The van der Waals surface area contributed by atoms with Crippen LogP contribution in [0.1, 0.15) is 29.3 Å². The summed E-state index contributed by atoms with van der Waals surface area (Å²) in [6.07, 6.45) is 0.188. The van der Waals surface area contributed by atoms with Crippen molar-refractivity contribution in [2.45, 2.75) is 19.9 Å². The highest BCUT2D eigenvalue weighted by atomic mass is 35.5. The summed E-state index contributed by atoms with van der Waals surface area (Å²) in [7, 11) is 1.57. The highest BCUT2D eigenvalue weighted by Gasteiger charge is 2.08. The third kappa shape index (κ3) is 6.49. The van der Waals surface area contributed by atoms with Crippen molar-refractivity contribution in [1.82, 2.24) is 10.6 Å². The predicted molar refractivity (Wildman–Crippen MR) is 104 cm³/mol. The van der Waals surface area contributed by atoms with Gasteiger partial charge in [0.15, 0.2) is 11.5 Å². The van der Waals surface area contributed by atoms with E-state index in [2.05, 4.69) is 10.6 Å². The number of hydrogen-bond acceptors (Lipinski definition) is 4. The van der Waals surface area contributed by atoms with Gasteiger partial charge in [-0.05, 0) is 48.9 Å². The molecule has 2 amide bonds. The lowest BCUT2D eigenvalue weighted by atomic mass is 10.2. The summed E-state index contributed by atoms with van der Waals surface area (Å²) < 4.78 is 10.8. The highest BCUT2D eigenvalue weighted by Crippen LogP contribution is 2.27. The first-order valence-corrected chi connectivity index (χ1v) is 9.01. The van der Waals surface area contributed by atoms with Crippen LogP contribution >= 0.6 is 11.6 Å². The minimum atomic E-state index is -0.240. The molecule has 2 N–H and O–H groups in total. The first-order chi connectivity index (χ1) is 13.0. The van der Waals surface area contributed by atoms with Crippen LogP contribution in [0.4, 0.5) is 0 Å². The lowest BCUT2D eigenvalue weighted by Crippen LogP contribution is -2.30. The molecule has 0 radical (unpaired) electrons. The predicted octanol–water partition coefficient (Wildman–Crippen LogP) is 3.18. The molecule has 0 fully saturated rings. The largest absolute Gasteiger partial charge is 0.493 e. The van der Waals surface area contributed by atoms with Crippen molar-refractivity contribution in [3.63, 3.8) is 0 Å². The molecule has 6 nitrogen and oxygen atoms in total. The number of methoxy groups -OCH3 is 1. The van der Waals surface area contributed by atoms with Gasteiger partial charge in [-0.15, -0.1) is 0 Å². The van der Waals surface area contributed by atoms with Gasteiger partial charge in [0.1, 0.15) is 0 Å². The summed E-state index contributed by atoms with van der Waals surface area (Å²) in [6, 6.07) is 12.1. The van der Waals surface area contributed by atoms with Crippen LogP contribution < -0.4 is 20.1 Å². The van der Waals surface area contributed by atoms with E-state index >= 15 is 0 Å². The average molecular weight is 391 g/mol. The van der Waals surface area contributed by atoms with E-state index in [4.69, 9.17) is 21.1 Å². The number of carbonyl (C=O) groups is 2. The van der Waals surface area contributed by atoms with Crippen LogP contribution in [0.3, 0.4) is 0 Å². The van der Waals surface area contributed by atoms with Crippen molar-refractivity contribution >= 4 is 23.4 Å². The SMILES string of the molecule is CCOc1ccc(CNC(=O)CCNC(=O)c2ccc(Cl)cc2)cc1OC. The molecule has 0 unspecified atom stereocenters. The first-order valence-electron chi connectivity index (χ1n) is 8.63. The quantitative estimate of drug-likeness (QED) is 0.689. The average Bonchev–Trinajstić information content (AvgIpc) is 2.67. The molecule has 0 aliphatic rings. The third-order valence-corrected chi connectivity index (χ3v) is 4.01. The fourth-order valence-electron chi connectivity index (χ4n) is 2.38. The molecule has 2 aromatic carbocycles. The van der Waals surface area contributed by atoms with Gasteiger partial charge < -0.3 is 20.1 Å². The van der Waals surface area contributed by atoms with Gasteiger partial charge in [0.25, 0.3) is 5.91 Å². The Kier molecular flexibility index (Phi) is 7.95. The zero-order chi connectivity index (χ0) is 19.6. The second kappa shape index (κ2) is 10.4. The van der Waals surface area contributed by atoms with Crippen molar-refractivity contribution in [3.05, 3.63) is 58.6 Å². The Balaban J connectivity index is 1.76. The Labute approximate surface area is 163 Å². The summed E-state index contributed by atoms with van der Waals surface area (Å²) in [4.78, 5) is 23.9. The van der Waals surface area contributed by atoms with Gasteiger partial charge >= 0.3 is 0 Å². The molecule has 27 heavy (non-hydrogen) atoms. The fourth-order valence-corrected chi connectivity index (χ4v) is 2.50. The molecule has 144 valence electrons. The van der Waals surface area contributed by atoms with Crippen molar-refractivity contribution in [1.29, 1.82) is 0 Å². The Morgan fingerprint density at radius 1 is 1.04 bits per heavy atom. The van der Waals surface area contributed by atoms with Crippen molar-refractivity contribution in [2.75, 3.05) is 20.3 Å². The molecule has 0 saturated carbocycles. The molecule has 0 spiro atoms. The summed E-state index contributed by atoms with van der Waals surface area (Å²) in [5.41, 5.74) is 1.40. The maximum atomic E-state index is 12.0. The Hall–Kier alpha value is -2.73. The Morgan fingerprint density at radius 2 is 1.78 bits per heavy atom. The van der Waals surface area contributed by atoms with E-state index in [0.29, 0.717) is 35.2 Å². The Morgan fingerprint density at radius 3 is 2.44 bits per heavy atom. The lowest BCUT2D eigenvalue weighted by molar-refractivity contribution is -0.121. The molecule has 0 aromatic heterocycles. The van der Waals surface area contributed by atoms with Crippen LogP contribution in [-0.4, -0.2) is 32.1 Å². The van der Waals surface area contributed by atoms with E-state index < -0.39 is 0 Å². The molecule has 2 rings (SSSR count). The molecule has 0 saturated heterocycles. The van der Waals surface area contributed by atoms with E-state index in [1.165, 1.54) is 0 Å². The normalized spacial score (nSPS) is 10.2. The number of benzene rings is 2. The minimum absolute atomic E-state index is 0.153. The molecule has 0 heterocycles. The molecule has 0 bridgehead atoms. The summed E-state index contributed by atoms with van der Waals surface area (Å²) in [6.45, 7) is 3.07. The Bertz CT molecular complexity index is 778. The van der Waals surface area contributed by atoms with Crippen LogP contribution in [0.5, 0.6) is 11.5 Å². The zero-order valence-electron chi connectivity index (χ0n) is 15.4. The zero-order valence-corrected chi connectivity index (χ0v) is 16.1. The third-order valence-electron chi connectivity index (χ3n) is 3.76. The number of hydrogen-bond donors (Lipinski definition) is 2. The second-order valence-electron chi connectivity index (χ2n) is 5.71. The van der Waals surface area contributed by atoms with E-state index in [1.807, 2.05) is 25.1 Å². The molecule has 0 atom stereocenters. The lowest BCUT2D eigenvalue weighted by Gasteiger charge is -2.11. The van der Waals surface area contributed by atoms with E-state index in [0.717, 1.165) is 5.56 Å². The maximum absolute atomic E-state index is 12.0. The topological polar surface area (TPSA) is 76.7 Å². The molecule has 7 heteroatoms. The van der Waals surface area contributed by atoms with E-state index in [1.54, 1.807) is 31.4 Å². The first kappa shape index (κ1) is 20.6. The van der Waals surface area contributed by atoms with Crippen LogP contribution in [0.15, 0.2) is 42.5 Å². The van der Waals surface area contributed by atoms with Gasteiger partial charge in [-0.2, -0.15) is 0 Å². The van der Waals surface area contributed by atoms with Gasteiger partial charge in [0, 0.05) is 30.1 Å². The van der Waals surface area contributed by atoms with Crippen molar-refractivity contribution in [2.24, 2.45) is 0 Å². The molecular formula is C20H23ClN2O4. The molecular weight excluding hydrogens is 368 g/mol. The van der Waals surface area contributed by atoms with Crippen molar-refractivity contribution in [3.8, 4) is 11.5 Å². The number of amides is 2. The van der Waals surface area contributed by atoms with E-state index in [-0.39, 0.29) is 24.8 Å². The number of ether oxygens (including phenoxy) is 2. The van der Waals surface area contributed by atoms with Crippen LogP contribution in [0.25, 0.3) is 0 Å². The van der Waals surface area contributed by atoms with Gasteiger partial charge in [-0.1, -0.05) is 17.7 Å². The van der Waals surface area contributed by atoms with E-state index in [9.17, 15) is 9.59 Å². The summed E-state index contributed by atoms with van der Waals surface area (Å²) in [5, 5.41) is 6.09.